The van der Waals surface area contributed by atoms with Crippen LogP contribution in [0.1, 0.15) is 99.8 Å². The van der Waals surface area contributed by atoms with Crippen LogP contribution in [0, 0.1) is 45.3 Å². The quantitative estimate of drug-likeness (QED) is 0.521. The molecule has 0 amide bonds. The van der Waals surface area contributed by atoms with Crippen molar-refractivity contribution >= 4 is 23.3 Å². The highest BCUT2D eigenvalue weighted by atomic mass is 16.4. The predicted octanol–water partition coefficient (Wildman–Crippen LogP) is 5.16. The van der Waals surface area contributed by atoms with E-state index in [0.29, 0.717) is 25.7 Å². The monoisotopic (exact) mass is 500 g/mol. The summed E-state index contributed by atoms with van der Waals surface area (Å²) in [6.45, 7) is 14.1. The second kappa shape index (κ2) is 8.61. The van der Waals surface area contributed by atoms with Gasteiger partial charge in [-0.2, -0.15) is 0 Å². The van der Waals surface area contributed by atoms with E-state index in [9.17, 15) is 29.4 Å². The molecule has 8 atom stereocenters. The molecular weight excluding hydrogens is 456 g/mol. The largest absolute Gasteiger partial charge is 0.481 e. The van der Waals surface area contributed by atoms with Gasteiger partial charge < -0.3 is 10.2 Å². The fraction of sp³-hybridized carbons (Fsp3) is 0.800. The maximum absolute atomic E-state index is 14.0. The number of carbonyl (C=O) groups is 4. The molecule has 6 nitrogen and oxygen atoms in total. The number of aliphatic hydroxyl groups is 1. The van der Waals surface area contributed by atoms with Crippen LogP contribution in [-0.4, -0.2) is 39.6 Å². The number of aliphatic hydroxyl groups excluding tert-OH is 1. The van der Waals surface area contributed by atoms with Crippen molar-refractivity contribution in [3.63, 3.8) is 0 Å². The van der Waals surface area contributed by atoms with Crippen LogP contribution >= 0.6 is 0 Å². The molecule has 0 bridgehead atoms. The van der Waals surface area contributed by atoms with Gasteiger partial charge in [0.15, 0.2) is 5.78 Å². The topological polar surface area (TPSA) is 109 Å². The summed E-state index contributed by atoms with van der Waals surface area (Å²) in [5.41, 5.74) is 0.108. The Labute approximate surface area is 215 Å². The normalized spacial score (nSPS) is 41.3. The Morgan fingerprint density at radius 3 is 2.28 bits per heavy atom. The zero-order valence-electron chi connectivity index (χ0n) is 23.1. The van der Waals surface area contributed by atoms with Gasteiger partial charge in [-0.05, 0) is 48.9 Å². The number of ketones is 3. The van der Waals surface area contributed by atoms with E-state index in [-0.39, 0.29) is 53.4 Å². The maximum Gasteiger partial charge on any atom is 0.306 e. The van der Waals surface area contributed by atoms with Crippen LogP contribution in [0.15, 0.2) is 11.1 Å². The van der Waals surface area contributed by atoms with E-state index < -0.39 is 34.2 Å². The molecule has 2 fully saturated rings. The van der Waals surface area contributed by atoms with Crippen LogP contribution in [0.4, 0.5) is 0 Å². The molecule has 6 heteroatoms. The second-order valence-corrected chi connectivity index (χ2v) is 13.7. The van der Waals surface area contributed by atoms with Crippen molar-refractivity contribution in [1.29, 1.82) is 0 Å². The highest BCUT2D eigenvalue weighted by Crippen LogP contribution is 2.71. The summed E-state index contributed by atoms with van der Waals surface area (Å²) in [7, 11) is 0. The van der Waals surface area contributed by atoms with Gasteiger partial charge in [0.2, 0.25) is 0 Å². The standard InChI is InChI=1S/C30H44O6/c1-16(12-18(31)13-17(2)26(35)36)20-14-24(34)30(7)19-8-9-22-27(3,4)23(33)10-11-28(22,5)25(19)21(32)15-29(20,30)6/h16-17,20,22,24,34H,8-15H2,1-7H3,(H,35,36)/t16-,17+,20+,22-,24-,28-,29+,30+/m0/s1. The first-order valence-corrected chi connectivity index (χ1v) is 13.7. The Morgan fingerprint density at radius 1 is 1.03 bits per heavy atom. The summed E-state index contributed by atoms with van der Waals surface area (Å²) < 4.78 is 0. The van der Waals surface area contributed by atoms with Crippen LogP contribution in [0.3, 0.4) is 0 Å². The summed E-state index contributed by atoms with van der Waals surface area (Å²) in [6.07, 6.45) is 3.25. The van der Waals surface area contributed by atoms with Crippen LogP contribution < -0.4 is 0 Å². The van der Waals surface area contributed by atoms with Gasteiger partial charge in [-0.25, -0.2) is 0 Å². The van der Waals surface area contributed by atoms with E-state index in [1.807, 2.05) is 20.8 Å². The molecule has 200 valence electrons. The van der Waals surface area contributed by atoms with Gasteiger partial charge in [0.25, 0.3) is 0 Å². The molecule has 0 spiro atoms. The third-order valence-electron chi connectivity index (χ3n) is 11.6. The molecular formula is C30H44O6. The van der Waals surface area contributed by atoms with Gasteiger partial charge in [0.05, 0.1) is 12.0 Å². The van der Waals surface area contributed by atoms with E-state index in [0.717, 1.165) is 24.0 Å². The summed E-state index contributed by atoms with van der Waals surface area (Å²) in [6, 6.07) is 0. The third-order valence-corrected chi connectivity index (χ3v) is 11.6. The lowest BCUT2D eigenvalue weighted by molar-refractivity contribution is -0.143. The lowest BCUT2D eigenvalue weighted by Gasteiger charge is -2.60. The Hall–Kier alpha value is -1.82. The fourth-order valence-electron chi connectivity index (χ4n) is 9.26. The van der Waals surface area contributed by atoms with E-state index >= 15 is 0 Å². The van der Waals surface area contributed by atoms with Gasteiger partial charge in [0.1, 0.15) is 11.6 Å². The first-order valence-electron chi connectivity index (χ1n) is 13.7. The van der Waals surface area contributed by atoms with Crippen LogP contribution in [0.25, 0.3) is 0 Å². The highest BCUT2D eigenvalue weighted by molar-refractivity contribution is 6.00. The minimum absolute atomic E-state index is 0.00537. The van der Waals surface area contributed by atoms with Crippen molar-refractivity contribution in [2.75, 3.05) is 0 Å². The number of Topliss-reactive ketones (excluding diaryl/α,β-unsaturated/α-hetero) is 3. The van der Waals surface area contributed by atoms with E-state index in [1.54, 1.807) is 6.92 Å². The Balaban J connectivity index is 1.70. The van der Waals surface area contributed by atoms with Gasteiger partial charge in [-0.1, -0.05) is 54.0 Å². The molecule has 0 saturated heterocycles. The first kappa shape index (κ1) is 27.2. The molecule has 4 rings (SSSR count). The van der Waals surface area contributed by atoms with Crippen molar-refractivity contribution in [1.82, 2.24) is 0 Å². The maximum atomic E-state index is 14.0. The van der Waals surface area contributed by atoms with Crippen LogP contribution in [0.5, 0.6) is 0 Å². The summed E-state index contributed by atoms with van der Waals surface area (Å²) in [5.74, 6) is -1.29. The molecule has 2 N–H and O–H groups in total. The minimum Gasteiger partial charge on any atom is -0.481 e. The molecule has 0 radical (unpaired) electrons. The molecule has 0 aromatic carbocycles. The second-order valence-electron chi connectivity index (χ2n) is 13.7. The van der Waals surface area contributed by atoms with E-state index in [2.05, 4.69) is 20.8 Å². The molecule has 4 aliphatic rings. The number of carboxylic acids is 1. The van der Waals surface area contributed by atoms with Gasteiger partial charge >= 0.3 is 5.97 Å². The van der Waals surface area contributed by atoms with Crippen molar-refractivity contribution in [3.8, 4) is 0 Å². The van der Waals surface area contributed by atoms with Crippen molar-refractivity contribution in [3.05, 3.63) is 11.1 Å². The average molecular weight is 501 g/mol. The highest BCUT2D eigenvalue weighted by Gasteiger charge is 2.68. The van der Waals surface area contributed by atoms with Crippen molar-refractivity contribution < 1.29 is 29.4 Å². The van der Waals surface area contributed by atoms with Crippen LogP contribution in [-0.2, 0) is 19.2 Å². The van der Waals surface area contributed by atoms with E-state index in [1.165, 1.54) is 0 Å². The van der Waals surface area contributed by atoms with Gasteiger partial charge in [-0.3, -0.25) is 19.2 Å². The van der Waals surface area contributed by atoms with Crippen molar-refractivity contribution in [2.24, 2.45) is 45.3 Å². The molecule has 2 saturated carbocycles. The summed E-state index contributed by atoms with van der Waals surface area (Å²) in [4.78, 5) is 50.8. The molecule has 0 aromatic rings. The number of hydrogen-bond acceptors (Lipinski definition) is 5. The predicted molar refractivity (Wildman–Crippen MR) is 136 cm³/mol. The summed E-state index contributed by atoms with van der Waals surface area (Å²) in [5, 5.41) is 20.8. The molecule has 0 heterocycles. The molecule has 0 aromatic heterocycles. The van der Waals surface area contributed by atoms with Gasteiger partial charge in [0, 0.05) is 47.5 Å². The lowest BCUT2D eigenvalue weighted by atomic mass is 9.43. The zero-order valence-corrected chi connectivity index (χ0v) is 23.1. The van der Waals surface area contributed by atoms with E-state index in [4.69, 9.17) is 0 Å². The van der Waals surface area contributed by atoms with Crippen LogP contribution in [0.2, 0.25) is 0 Å². The smallest absolute Gasteiger partial charge is 0.306 e. The fourth-order valence-corrected chi connectivity index (χ4v) is 9.26. The number of carbonyl (C=O) groups excluding carboxylic acids is 3. The SMILES string of the molecule is C[C@H](CC(=O)C[C@H](C)[C@H]1C[C@H](O)[C@@]2(C)C3=C(C(=O)C[C@]12C)[C@@]1(C)CCC(=O)C(C)(C)[C@@H]1CC3)C(=O)O. The molecule has 0 unspecified atom stereocenters. The molecule has 4 aliphatic carbocycles. The molecule has 36 heavy (non-hydrogen) atoms. The van der Waals surface area contributed by atoms with Gasteiger partial charge in [-0.15, -0.1) is 0 Å². The number of carboxylic acid groups (broad SMARTS) is 1. The number of fused-ring (bicyclic) bond motifs is 4. The minimum atomic E-state index is -0.971. The Bertz CT molecular complexity index is 1040. The zero-order chi connectivity index (χ0) is 27.0. The summed E-state index contributed by atoms with van der Waals surface area (Å²) >= 11 is 0. The number of rotatable bonds is 6. The Morgan fingerprint density at radius 2 is 1.67 bits per heavy atom. The lowest BCUT2D eigenvalue weighted by Crippen LogP contribution is -2.57. The molecule has 0 aliphatic heterocycles. The van der Waals surface area contributed by atoms with Crippen molar-refractivity contribution in [2.45, 2.75) is 106 Å². The number of hydrogen-bond donors (Lipinski definition) is 2. The first-order chi connectivity index (χ1) is 16.5. The number of aliphatic carboxylic acids is 1. The third kappa shape index (κ3) is 3.60. The number of allylic oxidation sites excluding steroid dienone is 1. The average Bonchev–Trinajstić information content (AvgIpc) is 2.97. The Kier molecular flexibility index (Phi) is 6.51.